The summed E-state index contributed by atoms with van der Waals surface area (Å²) < 4.78 is 26.6. The summed E-state index contributed by atoms with van der Waals surface area (Å²) in [6, 6.07) is 7.16. The van der Waals surface area contributed by atoms with Gasteiger partial charge in [0, 0.05) is 32.2 Å². The molecule has 0 bridgehead atoms. The van der Waals surface area contributed by atoms with Crippen LogP contribution in [0.25, 0.3) is 0 Å². The number of benzene rings is 1. The summed E-state index contributed by atoms with van der Waals surface area (Å²) in [7, 11) is -1.35. The first-order chi connectivity index (χ1) is 9.39. The van der Waals surface area contributed by atoms with Crippen molar-refractivity contribution < 1.29 is 8.42 Å². The molecule has 5 nitrogen and oxygen atoms in total. The minimum atomic E-state index is -3.36. The smallest absolute Gasteiger partial charge is 0.243 e. The molecule has 20 heavy (non-hydrogen) atoms. The molecule has 1 heterocycles. The number of sulfonamides is 1. The van der Waals surface area contributed by atoms with Crippen molar-refractivity contribution in [3.8, 4) is 0 Å². The van der Waals surface area contributed by atoms with Crippen LogP contribution < -0.4 is 5.73 Å². The highest BCUT2D eigenvalue weighted by Gasteiger charge is 2.27. The molecule has 1 unspecified atom stereocenters. The molecule has 0 aliphatic carbocycles. The number of nitrogens with two attached hydrogens (primary N) is 1. The summed E-state index contributed by atoms with van der Waals surface area (Å²) in [6.07, 6.45) is 0.759. The van der Waals surface area contributed by atoms with Gasteiger partial charge >= 0.3 is 0 Å². The molecule has 0 saturated carbocycles. The van der Waals surface area contributed by atoms with E-state index in [4.69, 9.17) is 5.73 Å². The van der Waals surface area contributed by atoms with Gasteiger partial charge in [0.2, 0.25) is 10.0 Å². The fourth-order valence-electron chi connectivity index (χ4n) is 2.35. The Morgan fingerprint density at radius 1 is 1.15 bits per heavy atom. The quantitative estimate of drug-likeness (QED) is 0.879. The predicted molar refractivity (Wildman–Crippen MR) is 80.1 cm³/mol. The highest BCUT2D eigenvalue weighted by Crippen LogP contribution is 2.18. The Labute approximate surface area is 121 Å². The maximum atomic E-state index is 12.5. The number of piperazine rings is 1. The molecular formula is C14H23N3O2S. The molecule has 1 fully saturated rings. The van der Waals surface area contributed by atoms with Crippen molar-refractivity contribution in [1.82, 2.24) is 9.21 Å². The Balaban J connectivity index is 2.13. The molecule has 0 spiro atoms. The van der Waals surface area contributed by atoms with Crippen LogP contribution >= 0.6 is 0 Å². The third-order valence-corrected chi connectivity index (χ3v) is 5.49. The standard InChI is InChI=1S/C14H23N3O2S/c1-12(15)11-13-3-5-14(6-4-13)20(18,19)17-9-7-16(2)8-10-17/h3-6,12H,7-11,15H2,1-2H3. The van der Waals surface area contributed by atoms with Crippen LogP contribution in [0.2, 0.25) is 0 Å². The first-order valence-corrected chi connectivity index (χ1v) is 8.37. The summed E-state index contributed by atoms with van der Waals surface area (Å²) in [5.74, 6) is 0. The zero-order valence-electron chi connectivity index (χ0n) is 12.1. The zero-order valence-corrected chi connectivity index (χ0v) is 12.9. The molecular weight excluding hydrogens is 274 g/mol. The van der Waals surface area contributed by atoms with E-state index < -0.39 is 10.0 Å². The van der Waals surface area contributed by atoms with Gasteiger partial charge in [-0.2, -0.15) is 4.31 Å². The number of nitrogens with zero attached hydrogens (tertiary/aromatic N) is 2. The van der Waals surface area contributed by atoms with Gasteiger partial charge in [0.05, 0.1) is 4.90 Å². The number of hydrogen-bond donors (Lipinski definition) is 1. The molecule has 1 atom stereocenters. The highest BCUT2D eigenvalue weighted by atomic mass is 32.2. The van der Waals surface area contributed by atoms with Crippen LogP contribution in [0.5, 0.6) is 0 Å². The molecule has 0 amide bonds. The SMILES string of the molecule is CC(N)Cc1ccc(S(=O)(=O)N2CCN(C)CC2)cc1. The molecule has 1 aliphatic rings. The number of hydrogen-bond acceptors (Lipinski definition) is 4. The van der Waals surface area contributed by atoms with E-state index in [1.165, 1.54) is 0 Å². The van der Waals surface area contributed by atoms with E-state index in [0.717, 1.165) is 25.1 Å². The Morgan fingerprint density at radius 3 is 2.20 bits per heavy atom. The van der Waals surface area contributed by atoms with Gasteiger partial charge in [-0.15, -0.1) is 0 Å². The summed E-state index contributed by atoms with van der Waals surface area (Å²) >= 11 is 0. The van der Waals surface area contributed by atoms with Crippen molar-refractivity contribution in [2.75, 3.05) is 33.2 Å². The van der Waals surface area contributed by atoms with Crippen LogP contribution in [-0.4, -0.2) is 56.9 Å². The number of rotatable bonds is 4. The second-order valence-electron chi connectivity index (χ2n) is 5.53. The van der Waals surface area contributed by atoms with E-state index in [-0.39, 0.29) is 6.04 Å². The minimum absolute atomic E-state index is 0.0788. The Kier molecular flexibility index (Phi) is 4.80. The topological polar surface area (TPSA) is 66.6 Å². The fourth-order valence-corrected chi connectivity index (χ4v) is 3.77. The van der Waals surface area contributed by atoms with Gasteiger partial charge in [-0.25, -0.2) is 8.42 Å². The predicted octanol–water partition coefficient (Wildman–Crippen LogP) is 0.512. The second kappa shape index (κ2) is 6.22. The van der Waals surface area contributed by atoms with Gasteiger partial charge in [0.25, 0.3) is 0 Å². The average molecular weight is 297 g/mol. The normalized spacial score (nSPS) is 19.9. The van der Waals surface area contributed by atoms with Crippen molar-refractivity contribution in [1.29, 1.82) is 0 Å². The lowest BCUT2D eigenvalue weighted by Crippen LogP contribution is -2.46. The molecule has 2 N–H and O–H groups in total. The van der Waals surface area contributed by atoms with Gasteiger partial charge in [0.15, 0.2) is 0 Å². The van der Waals surface area contributed by atoms with Gasteiger partial charge in [-0.3, -0.25) is 0 Å². The maximum Gasteiger partial charge on any atom is 0.243 e. The van der Waals surface area contributed by atoms with Crippen LogP contribution in [0, 0.1) is 0 Å². The number of likely N-dealkylation sites (N-methyl/N-ethyl adjacent to an activating group) is 1. The van der Waals surface area contributed by atoms with Crippen LogP contribution in [0.4, 0.5) is 0 Å². The molecule has 2 rings (SSSR count). The zero-order chi connectivity index (χ0) is 14.8. The van der Waals surface area contributed by atoms with Crippen molar-refractivity contribution in [3.63, 3.8) is 0 Å². The largest absolute Gasteiger partial charge is 0.328 e. The maximum absolute atomic E-state index is 12.5. The molecule has 112 valence electrons. The molecule has 0 radical (unpaired) electrons. The van der Waals surface area contributed by atoms with Crippen LogP contribution in [0.1, 0.15) is 12.5 Å². The molecule has 1 aromatic rings. The van der Waals surface area contributed by atoms with Gasteiger partial charge in [-0.05, 0) is 38.1 Å². The first-order valence-electron chi connectivity index (χ1n) is 6.93. The van der Waals surface area contributed by atoms with E-state index in [1.54, 1.807) is 16.4 Å². The molecule has 1 aromatic carbocycles. The fraction of sp³-hybridized carbons (Fsp3) is 0.571. The van der Waals surface area contributed by atoms with E-state index in [0.29, 0.717) is 18.0 Å². The third kappa shape index (κ3) is 3.58. The second-order valence-corrected chi connectivity index (χ2v) is 7.47. The summed E-state index contributed by atoms with van der Waals surface area (Å²) in [5.41, 5.74) is 6.81. The lowest BCUT2D eigenvalue weighted by Gasteiger charge is -2.31. The first kappa shape index (κ1) is 15.4. The van der Waals surface area contributed by atoms with Crippen molar-refractivity contribution in [2.24, 2.45) is 5.73 Å². The average Bonchev–Trinajstić information content (AvgIpc) is 2.39. The summed E-state index contributed by atoms with van der Waals surface area (Å²) in [6.45, 7) is 4.61. The van der Waals surface area contributed by atoms with E-state index in [1.807, 2.05) is 26.1 Å². The molecule has 0 aromatic heterocycles. The van der Waals surface area contributed by atoms with Crippen molar-refractivity contribution >= 4 is 10.0 Å². The summed E-state index contributed by atoms with van der Waals surface area (Å²) in [4.78, 5) is 2.51. The molecule has 1 saturated heterocycles. The van der Waals surface area contributed by atoms with Gasteiger partial charge in [-0.1, -0.05) is 12.1 Å². The minimum Gasteiger partial charge on any atom is -0.328 e. The van der Waals surface area contributed by atoms with Crippen molar-refractivity contribution in [2.45, 2.75) is 24.3 Å². The van der Waals surface area contributed by atoms with E-state index in [9.17, 15) is 8.42 Å². The lowest BCUT2D eigenvalue weighted by atomic mass is 10.1. The Bertz CT molecular complexity index is 532. The highest BCUT2D eigenvalue weighted by molar-refractivity contribution is 7.89. The van der Waals surface area contributed by atoms with Gasteiger partial charge < -0.3 is 10.6 Å². The van der Waals surface area contributed by atoms with Crippen LogP contribution in [0.15, 0.2) is 29.2 Å². The monoisotopic (exact) mass is 297 g/mol. The van der Waals surface area contributed by atoms with E-state index >= 15 is 0 Å². The third-order valence-electron chi connectivity index (χ3n) is 3.58. The van der Waals surface area contributed by atoms with Gasteiger partial charge in [0.1, 0.15) is 0 Å². The lowest BCUT2D eigenvalue weighted by molar-refractivity contribution is 0.222. The summed E-state index contributed by atoms with van der Waals surface area (Å²) in [5, 5.41) is 0. The van der Waals surface area contributed by atoms with Crippen molar-refractivity contribution in [3.05, 3.63) is 29.8 Å². The van der Waals surface area contributed by atoms with Crippen LogP contribution in [-0.2, 0) is 16.4 Å². The van der Waals surface area contributed by atoms with Crippen LogP contribution in [0.3, 0.4) is 0 Å². The Hall–Kier alpha value is -0.950. The van der Waals surface area contributed by atoms with E-state index in [2.05, 4.69) is 4.90 Å². The molecule has 6 heteroatoms. The molecule has 1 aliphatic heterocycles. The Morgan fingerprint density at radius 2 is 1.70 bits per heavy atom.